The molecule has 0 saturated carbocycles. The summed E-state index contributed by atoms with van der Waals surface area (Å²) in [6.07, 6.45) is 0.714. The van der Waals surface area contributed by atoms with Crippen LogP contribution in [0.2, 0.25) is 0 Å². The minimum absolute atomic E-state index is 0.0169. The molecule has 3 saturated heterocycles. The quantitative estimate of drug-likeness (QED) is 0.782. The zero-order chi connectivity index (χ0) is 18.9. The van der Waals surface area contributed by atoms with Gasteiger partial charge in [-0.15, -0.1) is 0 Å². The lowest BCUT2D eigenvalue weighted by atomic mass is 9.85. The van der Waals surface area contributed by atoms with Crippen molar-refractivity contribution in [3.05, 3.63) is 30.3 Å². The van der Waals surface area contributed by atoms with E-state index in [9.17, 15) is 9.59 Å². The van der Waals surface area contributed by atoms with E-state index in [2.05, 4.69) is 4.90 Å². The van der Waals surface area contributed by atoms with Crippen LogP contribution >= 0.6 is 0 Å². The molecular formula is C20H27N3O4. The van der Waals surface area contributed by atoms with Gasteiger partial charge in [-0.2, -0.15) is 0 Å². The van der Waals surface area contributed by atoms with Crippen LogP contribution in [0, 0.1) is 0 Å². The number of carbonyl (C=O) groups excluding carboxylic acids is 2. The second-order valence-electron chi connectivity index (χ2n) is 7.71. The second-order valence-corrected chi connectivity index (χ2v) is 7.71. The van der Waals surface area contributed by atoms with Gasteiger partial charge in [0.2, 0.25) is 5.91 Å². The van der Waals surface area contributed by atoms with Crippen molar-refractivity contribution in [1.29, 1.82) is 0 Å². The van der Waals surface area contributed by atoms with Gasteiger partial charge in [-0.05, 0) is 25.5 Å². The Hall–Kier alpha value is -1.96. The lowest BCUT2D eigenvalue weighted by Gasteiger charge is -2.52. The van der Waals surface area contributed by atoms with Crippen molar-refractivity contribution in [3.63, 3.8) is 0 Å². The number of hydrogen-bond donors (Lipinski definition) is 0. The lowest BCUT2D eigenvalue weighted by molar-refractivity contribution is -0.159. The summed E-state index contributed by atoms with van der Waals surface area (Å²) in [6.45, 7) is 6.61. The number of para-hydroxylation sites is 1. The maximum absolute atomic E-state index is 12.8. The van der Waals surface area contributed by atoms with Crippen molar-refractivity contribution in [3.8, 4) is 0 Å². The molecule has 2 amide bonds. The van der Waals surface area contributed by atoms with E-state index in [1.807, 2.05) is 47.1 Å². The summed E-state index contributed by atoms with van der Waals surface area (Å²) in [7, 11) is 0. The van der Waals surface area contributed by atoms with Gasteiger partial charge >= 0.3 is 0 Å². The molecule has 7 heteroatoms. The molecule has 3 fully saturated rings. The molecule has 27 heavy (non-hydrogen) atoms. The van der Waals surface area contributed by atoms with E-state index in [4.69, 9.17) is 9.47 Å². The summed E-state index contributed by atoms with van der Waals surface area (Å²) in [6, 6.07) is 9.68. The summed E-state index contributed by atoms with van der Waals surface area (Å²) in [5, 5.41) is 0. The highest BCUT2D eigenvalue weighted by Gasteiger charge is 2.50. The number of benzene rings is 1. The third-order valence-corrected chi connectivity index (χ3v) is 5.84. The van der Waals surface area contributed by atoms with Gasteiger partial charge in [0.1, 0.15) is 12.2 Å². The Morgan fingerprint density at radius 2 is 1.93 bits per heavy atom. The van der Waals surface area contributed by atoms with Crippen molar-refractivity contribution in [2.24, 2.45) is 0 Å². The molecule has 4 rings (SSSR count). The molecule has 146 valence electrons. The normalized spacial score (nSPS) is 29.5. The summed E-state index contributed by atoms with van der Waals surface area (Å²) >= 11 is 0. The first-order valence-corrected chi connectivity index (χ1v) is 9.66. The maximum atomic E-state index is 12.8. The monoisotopic (exact) mass is 373 g/mol. The number of carbonyl (C=O) groups is 2. The molecule has 7 nitrogen and oxygen atoms in total. The number of piperidine rings is 1. The summed E-state index contributed by atoms with van der Waals surface area (Å²) in [5.41, 5.74) is 0.345. The highest BCUT2D eigenvalue weighted by Crippen LogP contribution is 2.35. The van der Waals surface area contributed by atoms with E-state index in [1.54, 1.807) is 0 Å². The molecule has 1 aromatic rings. The molecule has 3 aliphatic rings. The van der Waals surface area contributed by atoms with E-state index >= 15 is 0 Å². The van der Waals surface area contributed by atoms with Gasteiger partial charge in [0.05, 0.1) is 32.3 Å². The standard InChI is InChI=1S/C20H27N3O4/c1-20-15-22(18(24)13-21-9-11-26-12-10-21)8-7-17(20)23(19(25)14-27-20)16-5-3-2-4-6-16/h2-6,17H,7-15H2,1H3/t17-,20-/m1/s1. The third kappa shape index (κ3) is 3.72. The summed E-state index contributed by atoms with van der Waals surface area (Å²) < 4.78 is 11.3. The van der Waals surface area contributed by atoms with Gasteiger partial charge in [-0.3, -0.25) is 14.5 Å². The Labute approximate surface area is 159 Å². The Balaban J connectivity index is 1.47. The number of likely N-dealkylation sites (tertiary alicyclic amines) is 1. The van der Waals surface area contributed by atoms with Crippen LogP contribution in [0.4, 0.5) is 5.69 Å². The van der Waals surface area contributed by atoms with Crippen LogP contribution in [-0.4, -0.2) is 85.8 Å². The molecular weight excluding hydrogens is 346 g/mol. The molecule has 0 aliphatic carbocycles. The first-order chi connectivity index (χ1) is 13.1. The van der Waals surface area contributed by atoms with Crippen molar-refractivity contribution >= 4 is 17.5 Å². The zero-order valence-electron chi connectivity index (χ0n) is 15.8. The van der Waals surface area contributed by atoms with Crippen molar-refractivity contribution in [2.75, 3.05) is 57.4 Å². The van der Waals surface area contributed by atoms with Gasteiger partial charge in [-0.25, -0.2) is 0 Å². The minimum Gasteiger partial charge on any atom is -0.379 e. The molecule has 3 aliphatic heterocycles. The maximum Gasteiger partial charge on any atom is 0.253 e. The van der Waals surface area contributed by atoms with E-state index in [0.29, 0.717) is 39.3 Å². The van der Waals surface area contributed by atoms with Crippen LogP contribution in [0.25, 0.3) is 0 Å². The highest BCUT2D eigenvalue weighted by atomic mass is 16.5. The van der Waals surface area contributed by atoms with E-state index in [1.165, 1.54) is 0 Å². The zero-order valence-corrected chi connectivity index (χ0v) is 15.8. The molecule has 2 atom stereocenters. The second kappa shape index (κ2) is 7.58. The number of morpholine rings is 2. The van der Waals surface area contributed by atoms with E-state index in [-0.39, 0.29) is 24.5 Å². The largest absolute Gasteiger partial charge is 0.379 e. The van der Waals surface area contributed by atoms with Crippen molar-refractivity contribution in [1.82, 2.24) is 9.80 Å². The SMILES string of the molecule is C[C@@]12CN(C(=O)CN3CCOCC3)CC[C@H]1N(c1ccccc1)C(=O)CO2. The fourth-order valence-electron chi connectivity index (χ4n) is 4.34. The van der Waals surface area contributed by atoms with Gasteiger partial charge < -0.3 is 19.3 Å². The first-order valence-electron chi connectivity index (χ1n) is 9.66. The van der Waals surface area contributed by atoms with Gasteiger partial charge in [0.25, 0.3) is 5.91 Å². The van der Waals surface area contributed by atoms with E-state index in [0.717, 1.165) is 18.8 Å². The molecule has 0 bridgehead atoms. The van der Waals surface area contributed by atoms with Gasteiger partial charge in [0.15, 0.2) is 0 Å². The molecule has 0 unspecified atom stereocenters. The Kier molecular flexibility index (Phi) is 5.16. The molecule has 3 heterocycles. The van der Waals surface area contributed by atoms with Crippen molar-refractivity contribution < 1.29 is 19.1 Å². The highest BCUT2D eigenvalue weighted by molar-refractivity contribution is 5.96. The average Bonchev–Trinajstić information content (AvgIpc) is 2.69. The number of hydrogen-bond acceptors (Lipinski definition) is 5. The van der Waals surface area contributed by atoms with Crippen LogP contribution in [0.1, 0.15) is 13.3 Å². The first kappa shape index (κ1) is 18.4. The molecule has 0 spiro atoms. The lowest BCUT2D eigenvalue weighted by Crippen LogP contribution is -2.69. The van der Waals surface area contributed by atoms with Crippen LogP contribution < -0.4 is 4.90 Å². The van der Waals surface area contributed by atoms with Gasteiger partial charge in [-0.1, -0.05) is 18.2 Å². The number of ether oxygens (including phenoxy) is 2. The van der Waals surface area contributed by atoms with Crippen molar-refractivity contribution in [2.45, 2.75) is 25.0 Å². The number of anilines is 1. The topological polar surface area (TPSA) is 62.3 Å². The Morgan fingerprint density at radius 3 is 2.67 bits per heavy atom. The fraction of sp³-hybridized carbons (Fsp3) is 0.600. The predicted molar refractivity (Wildman–Crippen MR) is 101 cm³/mol. The van der Waals surface area contributed by atoms with Crippen LogP contribution in [0.5, 0.6) is 0 Å². The molecule has 0 radical (unpaired) electrons. The molecule has 0 aromatic heterocycles. The Morgan fingerprint density at radius 1 is 1.19 bits per heavy atom. The summed E-state index contributed by atoms with van der Waals surface area (Å²) in [5.74, 6) is 0.111. The number of rotatable bonds is 3. The number of fused-ring (bicyclic) bond motifs is 1. The predicted octanol–water partition coefficient (Wildman–Crippen LogP) is 0.742. The fourth-order valence-corrected chi connectivity index (χ4v) is 4.34. The molecule has 1 aromatic carbocycles. The number of nitrogens with zero attached hydrogens (tertiary/aromatic N) is 3. The average molecular weight is 373 g/mol. The summed E-state index contributed by atoms with van der Waals surface area (Å²) in [4.78, 5) is 31.3. The van der Waals surface area contributed by atoms with Gasteiger partial charge in [0, 0.05) is 25.3 Å². The van der Waals surface area contributed by atoms with Crippen LogP contribution in [0.3, 0.4) is 0 Å². The van der Waals surface area contributed by atoms with Crippen LogP contribution in [-0.2, 0) is 19.1 Å². The third-order valence-electron chi connectivity index (χ3n) is 5.84. The van der Waals surface area contributed by atoms with Crippen LogP contribution in [0.15, 0.2) is 30.3 Å². The van der Waals surface area contributed by atoms with E-state index < -0.39 is 5.60 Å². The Bertz CT molecular complexity index is 692. The minimum atomic E-state index is -0.553. The smallest absolute Gasteiger partial charge is 0.253 e. The molecule has 0 N–H and O–H groups in total. The number of amides is 2.